The Kier molecular flexibility index (Phi) is 5.87. The molecule has 1 aliphatic carbocycles. The van der Waals surface area contributed by atoms with Crippen molar-refractivity contribution in [3.05, 3.63) is 59.9 Å². The predicted molar refractivity (Wildman–Crippen MR) is 115 cm³/mol. The van der Waals surface area contributed by atoms with Crippen molar-refractivity contribution in [2.24, 2.45) is 0 Å². The third-order valence-corrected chi connectivity index (χ3v) is 6.96. The summed E-state index contributed by atoms with van der Waals surface area (Å²) in [5, 5.41) is 0. The minimum atomic E-state index is -3.49. The van der Waals surface area contributed by atoms with Gasteiger partial charge in [-0.1, -0.05) is 36.4 Å². The monoisotopic (exact) mass is 448 g/mol. The van der Waals surface area contributed by atoms with Crippen LogP contribution in [-0.2, 0) is 21.2 Å². The minimum Gasteiger partial charge on any atom is -0.335 e. The van der Waals surface area contributed by atoms with E-state index < -0.39 is 33.7 Å². The molecule has 8 heteroatoms. The lowest BCUT2D eigenvalue weighted by Gasteiger charge is -2.38. The Bertz CT molecular complexity index is 1090. The van der Waals surface area contributed by atoms with Gasteiger partial charge in [-0.2, -0.15) is 0 Å². The van der Waals surface area contributed by atoms with Crippen LogP contribution in [0, 0.1) is 5.82 Å². The molecule has 1 amide bonds. The van der Waals surface area contributed by atoms with Gasteiger partial charge in [0.05, 0.1) is 12.3 Å². The summed E-state index contributed by atoms with van der Waals surface area (Å²) in [6.45, 7) is 0.311. The van der Waals surface area contributed by atoms with E-state index in [2.05, 4.69) is 4.72 Å². The van der Waals surface area contributed by atoms with E-state index in [-0.39, 0.29) is 18.7 Å². The highest BCUT2D eigenvalue weighted by Crippen LogP contribution is 2.39. The second-order valence-corrected chi connectivity index (χ2v) is 10.4. The molecule has 166 valence electrons. The van der Waals surface area contributed by atoms with Crippen LogP contribution < -0.4 is 4.72 Å². The van der Waals surface area contributed by atoms with Crippen LogP contribution in [0.15, 0.2) is 48.5 Å². The summed E-state index contributed by atoms with van der Waals surface area (Å²) in [5.74, 6) is -0.871. The van der Waals surface area contributed by atoms with Crippen LogP contribution >= 0.6 is 0 Å². The normalized spacial score (nSPS) is 22.9. The molecule has 1 saturated carbocycles. The van der Waals surface area contributed by atoms with Gasteiger partial charge < -0.3 is 4.90 Å². The van der Waals surface area contributed by atoms with Gasteiger partial charge in [-0.15, -0.1) is 0 Å². The molecule has 2 aliphatic rings. The van der Waals surface area contributed by atoms with Gasteiger partial charge in [-0.05, 0) is 60.9 Å². The number of carbonyl (C=O) groups is 1. The molecule has 31 heavy (non-hydrogen) atoms. The topological polar surface area (TPSA) is 66.5 Å². The van der Waals surface area contributed by atoms with Crippen molar-refractivity contribution in [3.63, 3.8) is 0 Å². The van der Waals surface area contributed by atoms with Crippen molar-refractivity contribution in [1.29, 1.82) is 0 Å². The number of nitrogens with zero attached hydrogens (tertiary/aromatic N) is 1. The first-order chi connectivity index (χ1) is 14.6. The van der Waals surface area contributed by atoms with Crippen LogP contribution in [0.25, 0.3) is 11.1 Å². The van der Waals surface area contributed by atoms with E-state index in [1.54, 1.807) is 6.07 Å². The smallest absolute Gasteiger partial charge is 0.260 e. The Hall–Kier alpha value is -2.32. The number of hydrogen-bond acceptors (Lipinski definition) is 3. The van der Waals surface area contributed by atoms with Crippen molar-refractivity contribution >= 4 is 15.9 Å². The fourth-order valence-electron chi connectivity index (χ4n) is 4.52. The Morgan fingerprint density at radius 3 is 2.45 bits per heavy atom. The molecule has 2 atom stereocenters. The summed E-state index contributed by atoms with van der Waals surface area (Å²) in [5.41, 5.74) is 0.584. The number of hydrogen-bond donors (Lipinski definition) is 1. The van der Waals surface area contributed by atoms with E-state index in [0.717, 1.165) is 22.9 Å². The van der Waals surface area contributed by atoms with Crippen molar-refractivity contribution in [1.82, 2.24) is 9.62 Å². The predicted octanol–water partition coefficient (Wildman–Crippen LogP) is 3.45. The van der Waals surface area contributed by atoms with Gasteiger partial charge in [0.1, 0.15) is 5.82 Å². The minimum absolute atomic E-state index is 0.217. The van der Waals surface area contributed by atoms with E-state index in [9.17, 15) is 22.0 Å². The first-order valence-electron chi connectivity index (χ1n) is 10.5. The SMILES string of the molecule is CS(=O)(=O)N[C@H]1CCN(C(=O)C2(F)CCC2)[C@H]1Cc1cccc(-c2cccc(F)c2)c1. The van der Waals surface area contributed by atoms with E-state index in [1.807, 2.05) is 30.3 Å². The molecule has 1 aliphatic heterocycles. The second-order valence-electron chi connectivity index (χ2n) is 8.58. The first-order valence-corrected chi connectivity index (χ1v) is 12.4. The van der Waals surface area contributed by atoms with Crippen LogP contribution in [-0.4, -0.2) is 49.8 Å². The maximum atomic E-state index is 14.9. The van der Waals surface area contributed by atoms with Gasteiger partial charge in [0, 0.05) is 12.6 Å². The number of amides is 1. The number of benzene rings is 2. The summed E-state index contributed by atoms with van der Waals surface area (Å²) in [4.78, 5) is 14.4. The van der Waals surface area contributed by atoms with Crippen molar-refractivity contribution < 1.29 is 22.0 Å². The molecule has 0 radical (unpaired) electrons. The molecule has 5 nitrogen and oxygen atoms in total. The van der Waals surface area contributed by atoms with E-state index in [4.69, 9.17) is 0 Å². The maximum absolute atomic E-state index is 14.9. The number of alkyl halides is 1. The Balaban J connectivity index is 1.61. The molecular formula is C23H26F2N2O3S. The first kappa shape index (κ1) is 21.9. The summed E-state index contributed by atoms with van der Waals surface area (Å²) >= 11 is 0. The van der Waals surface area contributed by atoms with Crippen molar-refractivity contribution in [2.45, 2.75) is 49.9 Å². The highest BCUT2D eigenvalue weighted by Gasteiger charge is 2.50. The van der Waals surface area contributed by atoms with Gasteiger partial charge >= 0.3 is 0 Å². The molecule has 0 bridgehead atoms. The zero-order valence-electron chi connectivity index (χ0n) is 17.4. The molecule has 4 rings (SSSR count). The van der Waals surface area contributed by atoms with Gasteiger partial charge in [-0.3, -0.25) is 4.79 Å². The van der Waals surface area contributed by atoms with Crippen LogP contribution in [0.5, 0.6) is 0 Å². The molecule has 1 saturated heterocycles. The lowest BCUT2D eigenvalue weighted by molar-refractivity contribution is -0.151. The molecule has 0 unspecified atom stereocenters. The molecular weight excluding hydrogens is 422 g/mol. The summed E-state index contributed by atoms with van der Waals surface area (Å²) in [6.07, 6.45) is 3.01. The third-order valence-electron chi connectivity index (χ3n) is 6.23. The number of rotatable bonds is 6. The average Bonchev–Trinajstić information content (AvgIpc) is 3.06. The quantitative estimate of drug-likeness (QED) is 0.736. The highest BCUT2D eigenvalue weighted by atomic mass is 32.2. The lowest BCUT2D eigenvalue weighted by atomic mass is 9.80. The standard InChI is InChI=1S/C23H26F2N2O3S/c1-31(29,30)26-20-9-12-27(22(28)23(25)10-4-11-23)21(20)14-16-5-2-6-17(13-16)18-7-3-8-19(24)15-18/h2-3,5-8,13,15,20-21,26H,4,9-12,14H2,1H3/t20-,21-/m0/s1. The summed E-state index contributed by atoms with van der Waals surface area (Å²) in [6, 6.07) is 12.8. The maximum Gasteiger partial charge on any atom is 0.260 e. The Labute approximate surface area is 181 Å². The molecule has 0 aromatic heterocycles. The zero-order valence-corrected chi connectivity index (χ0v) is 18.2. The van der Waals surface area contributed by atoms with Crippen LogP contribution in [0.2, 0.25) is 0 Å². The number of likely N-dealkylation sites (tertiary alicyclic amines) is 1. The van der Waals surface area contributed by atoms with Gasteiger partial charge in [0.15, 0.2) is 5.67 Å². The highest BCUT2D eigenvalue weighted by molar-refractivity contribution is 7.88. The lowest BCUT2D eigenvalue weighted by Crippen LogP contribution is -2.55. The summed E-state index contributed by atoms with van der Waals surface area (Å²) < 4.78 is 54.9. The molecule has 0 spiro atoms. The largest absolute Gasteiger partial charge is 0.335 e. The molecule has 1 N–H and O–H groups in total. The van der Waals surface area contributed by atoms with Crippen LogP contribution in [0.1, 0.15) is 31.2 Å². The second kappa shape index (κ2) is 8.31. The van der Waals surface area contributed by atoms with Gasteiger partial charge in [0.25, 0.3) is 5.91 Å². The Morgan fingerprint density at radius 1 is 1.16 bits per heavy atom. The van der Waals surface area contributed by atoms with E-state index >= 15 is 0 Å². The summed E-state index contributed by atoms with van der Waals surface area (Å²) in [7, 11) is -3.49. The van der Waals surface area contributed by atoms with E-state index in [0.29, 0.717) is 25.8 Å². The van der Waals surface area contributed by atoms with Gasteiger partial charge in [-0.25, -0.2) is 21.9 Å². The fraction of sp³-hybridized carbons (Fsp3) is 0.435. The fourth-order valence-corrected chi connectivity index (χ4v) is 5.34. The molecule has 1 heterocycles. The third kappa shape index (κ3) is 4.80. The molecule has 2 aromatic carbocycles. The number of halogens is 2. The average molecular weight is 449 g/mol. The Morgan fingerprint density at radius 2 is 1.84 bits per heavy atom. The number of nitrogens with one attached hydrogen (secondary N) is 1. The molecule has 2 fully saturated rings. The zero-order chi connectivity index (χ0) is 22.2. The molecule has 2 aromatic rings. The van der Waals surface area contributed by atoms with Crippen molar-refractivity contribution in [2.75, 3.05) is 12.8 Å². The van der Waals surface area contributed by atoms with E-state index in [1.165, 1.54) is 17.0 Å². The van der Waals surface area contributed by atoms with Crippen LogP contribution in [0.4, 0.5) is 8.78 Å². The van der Waals surface area contributed by atoms with Gasteiger partial charge in [0.2, 0.25) is 10.0 Å². The number of sulfonamides is 1. The van der Waals surface area contributed by atoms with Crippen molar-refractivity contribution in [3.8, 4) is 11.1 Å². The van der Waals surface area contributed by atoms with Crippen LogP contribution in [0.3, 0.4) is 0 Å². The number of carbonyl (C=O) groups excluding carboxylic acids is 1.